The van der Waals surface area contributed by atoms with Gasteiger partial charge in [0.2, 0.25) is 10.0 Å². The van der Waals surface area contributed by atoms with Crippen LogP contribution in [0.25, 0.3) is 0 Å². The number of aromatic nitrogens is 2. The lowest BCUT2D eigenvalue weighted by Gasteiger charge is -2.33. The molecule has 2 aromatic rings. The smallest absolute Gasteiger partial charge is 0.218 e. The average Bonchev–Trinajstić information content (AvgIpc) is 3.01. The summed E-state index contributed by atoms with van der Waals surface area (Å²) >= 11 is 0. The van der Waals surface area contributed by atoms with E-state index in [2.05, 4.69) is 4.98 Å². The highest BCUT2D eigenvalue weighted by molar-refractivity contribution is 7.88. The predicted octanol–water partition coefficient (Wildman–Crippen LogP) is 1.70. The van der Waals surface area contributed by atoms with Gasteiger partial charge in [0.05, 0.1) is 5.75 Å². The van der Waals surface area contributed by atoms with Crippen LogP contribution in [0.1, 0.15) is 30.3 Å². The first kappa shape index (κ1) is 17.1. The molecule has 1 atom stereocenters. The Hall–Kier alpha value is -1.70. The first-order chi connectivity index (χ1) is 11.5. The number of sulfonamides is 1. The number of benzene rings is 1. The van der Waals surface area contributed by atoms with Gasteiger partial charge in [-0.25, -0.2) is 17.7 Å². The minimum atomic E-state index is -3.32. The standard InChI is InChI=1S/C17H23N3O3S/c1-19-12-9-18-17(19)16(21)15-7-10-20(11-8-15)24(22,23)13-14-5-3-2-4-6-14/h2-6,9,12,15-16,21H,7-8,10-11,13H2,1H3. The maximum atomic E-state index is 12.6. The molecule has 3 rings (SSSR count). The summed E-state index contributed by atoms with van der Waals surface area (Å²) in [6.07, 6.45) is 4.10. The Labute approximate surface area is 142 Å². The van der Waals surface area contributed by atoms with E-state index in [0.717, 1.165) is 5.56 Å². The van der Waals surface area contributed by atoms with Gasteiger partial charge >= 0.3 is 0 Å². The van der Waals surface area contributed by atoms with Crippen molar-refractivity contribution in [3.05, 3.63) is 54.1 Å². The Kier molecular flexibility index (Phi) is 5.03. The van der Waals surface area contributed by atoms with E-state index in [-0.39, 0.29) is 11.7 Å². The van der Waals surface area contributed by atoms with Crippen molar-refractivity contribution in [3.8, 4) is 0 Å². The minimum absolute atomic E-state index is 0.0282. The van der Waals surface area contributed by atoms with Crippen molar-refractivity contribution < 1.29 is 13.5 Å². The molecule has 1 aliphatic rings. The molecule has 130 valence electrons. The van der Waals surface area contributed by atoms with Gasteiger partial charge in [0.15, 0.2) is 0 Å². The highest BCUT2D eigenvalue weighted by atomic mass is 32.2. The Balaban J connectivity index is 1.61. The molecule has 6 nitrogen and oxygen atoms in total. The van der Waals surface area contributed by atoms with Crippen LogP contribution in [-0.4, -0.2) is 40.5 Å². The summed E-state index contributed by atoms with van der Waals surface area (Å²) < 4.78 is 28.5. The molecule has 1 fully saturated rings. The molecule has 0 aliphatic carbocycles. The molecule has 1 unspecified atom stereocenters. The molecule has 7 heteroatoms. The molecule has 0 saturated carbocycles. The number of nitrogens with zero attached hydrogens (tertiary/aromatic N) is 3. The summed E-state index contributed by atoms with van der Waals surface area (Å²) in [4.78, 5) is 4.20. The lowest BCUT2D eigenvalue weighted by molar-refractivity contribution is 0.0668. The second-order valence-electron chi connectivity index (χ2n) is 6.32. The fraction of sp³-hybridized carbons (Fsp3) is 0.471. The number of hydrogen-bond acceptors (Lipinski definition) is 4. The zero-order chi connectivity index (χ0) is 17.2. The molecule has 1 aromatic carbocycles. The van der Waals surface area contributed by atoms with Gasteiger partial charge in [-0.15, -0.1) is 0 Å². The molecular weight excluding hydrogens is 326 g/mol. The van der Waals surface area contributed by atoms with Crippen molar-refractivity contribution >= 4 is 10.0 Å². The summed E-state index contributed by atoms with van der Waals surface area (Å²) in [6.45, 7) is 0.892. The fourth-order valence-corrected chi connectivity index (χ4v) is 4.78. The van der Waals surface area contributed by atoms with Gasteiger partial charge in [0, 0.05) is 32.5 Å². The first-order valence-electron chi connectivity index (χ1n) is 8.14. The van der Waals surface area contributed by atoms with Crippen molar-refractivity contribution in [1.29, 1.82) is 0 Å². The molecule has 0 radical (unpaired) electrons. The van der Waals surface area contributed by atoms with Crippen LogP contribution in [0.5, 0.6) is 0 Å². The lowest BCUT2D eigenvalue weighted by Crippen LogP contribution is -2.40. The number of aliphatic hydroxyl groups excluding tert-OH is 1. The Morgan fingerprint density at radius 1 is 1.25 bits per heavy atom. The summed E-state index contributed by atoms with van der Waals surface area (Å²) in [5, 5.41) is 10.5. The predicted molar refractivity (Wildman–Crippen MR) is 91.5 cm³/mol. The number of piperidine rings is 1. The van der Waals surface area contributed by atoms with E-state index in [0.29, 0.717) is 31.8 Å². The van der Waals surface area contributed by atoms with Gasteiger partial charge in [-0.05, 0) is 24.3 Å². The average molecular weight is 349 g/mol. The Morgan fingerprint density at radius 2 is 1.92 bits per heavy atom. The molecule has 1 saturated heterocycles. The molecule has 0 bridgehead atoms. The van der Waals surface area contributed by atoms with Gasteiger partial charge in [0.25, 0.3) is 0 Å². The lowest BCUT2D eigenvalue weighted by atomic mass is 9.92. The number of aliphatic hydroxyl groups is 1. The monoisotopic (exact) mass is 349 g/mol. The molecule has 1 N–H and O–H groups in total. The first-order valence-corrected chi connectivity index (χ1v) is 9.75. The van der Waals surface area contributed by atoms with E-state index in [9.17, 15) is 13.5 Å². The quantitative estimate of drug-likeness (QED) is 0.891. The van der Waals surface area contributed by atoms with E-state index < -0.39 is 16.1 Å². The van der Waals surface area contributed by atoms with E-state index in [1.165, 1.54) is 0 Å². The third-order valence-electron chi connectivity index (χ3n) is 4.65. The zero-order valence-electron chi connectivity index (χ0n) is 13.7. The van der Waals surface area contributed by atoms with Crippen molar-refractivity contribution in [2.45, 2.75) is 24.7 Å². The topological polar surface area (TPSA) is 75.4 Å². The third-order valence-corrected chi connectivity index (χ3v) is 6.50. The second-order valence-corrected chi connectivity index (χ2v) is 8.29. The zero-order valence-corrected chi connectivity index (χ0v) is 14.6. The summed E-state index contributed by atoms with van der Waals surface area (Å²) in [5.74, 6) is 0.704. The molecule has 2 heterocycles. The number of hydrogen-bond donors (Lipinski definition) is 1. The van der Waals surface area contributed by atoms with Crippen molar-refractivity contribution in [1.82, 2.24) is 13.9 Å². The molecule has 0 spiro atoms. The number of rotatable bonds is 5. The van der Waals surface area contributed by atoms with Crippen LogP contribution in [0.15, 0.2) is 42.7 Å². The van der Waals surface area contributed by atoms with Gasteiger partial charge in [0.1, 0.15) is 11.9 Å². The molecule has 24 heavy (non-hydrogen) atoms. The van der Waals surface area contributed by atoms with Gasteiger partial charge in [-0.1, -0.05) is 30.3 Å². The van der Waals surface area contributed by atoms with Crippen LogP contribution in [-0.2, 0) is 22.8 Å². The number of aryl methyl sites for hydroxylation is 1. The fourth-order valence-electron chi connectivity index (χ4n) is 3.22. The highest BCUT2D eigenvalue weighted by Crippen LogP contribution is 2.31. The summed E-state index contributed by atoms with van der Waals surface area (Å²) in [5.41, 5.74) is 0.799. The van der Waals surface area contributed by atoms with Crippen LogP contribution in [0.3, 0.4) is 0 Å². The summed E-state index contributed by atoms with van der Waals surface area (Å²) in [7, 11) is -1.46. The van der Waals surface area contributed by atoms with E-state index in [4.69, 9.17) is 0 Å². The Bertz CT molecular complexity index is 765. The minimum Gasteiger partial charge on any atom is -0.385 e. The van der Waals surface area contributed by atoms with E-state index >= 15 is 0 Å². The van der Waals surface area contributed by atoms with Gasteiger partial charge < -0.3 is 9.67 Å². The summed E-state index contributed by atoms with van der Waals surface area (Å²) in [6, 6.07) is 9.23. The van der Waals surface area contributed by atoms with Crippen LogP contribution in [0.2, 0.25) is 0 Å². The third kappa shape index (κ3) is 3.68. The molecule has 1 aliphatic heterocycles. The van der Waals surface area contributed by atoms with E-state index in [1.54, 1.807) is 16.7 Å². The van der Waals surface area contributed by atoms with Gasteiger partial charge in [-0.2, -0.15) is 0 Å². The van der Waals surface area contributed by atoms with Crippen molar-refractivity contribution in [2.75, 3.05) is 13.1 Å². The van der Waals surface area contributed by atoms with Crippen LogP contribution < -0.4 is 0 Å². The van der Waals surface area contributed by atoms with Crippen LogP contribution in [0.4, 0.5) is 0 Å². The maximum absolute atomic E-state index is 12.6. The van der Waals surface area contributed by atoms with Crippen molar-refractivity contribution in [3.63, 3.8) is 0 Å². The number of imidazole rings is 1. The molecule has 0 amide bonds. The molecule has 1 aromatic heterocycles. The second kappa shape index (κ2) is 7.04. The molecular formula is C17H23N3O3S. The van der Waals surface area contributed by atoms with Gasteiger partial charge in [-0.3, -0.25) is 0 Å². The SMILES string of the molecule is Cn1ccnc1C(O)C1CCN(S(=O)(=O)Cc2ccccc2)CC1. The van der Waals surface area contributed by atoms with Crippen LogP contribution in [0, 0.1) is 5.92 Å². The largest absolute Gasteiger partial charge is 0.385 e. The maximum Gasteiger partial charge on any atom is 0.218 e. The normalized spacial score (nSPS) is 18.6. The van der Waals surface area contributed by atoms with Crippen molar-refractivity contribution in [2.24, 2.45) is 13.0 Å². The Morgan fingerprint density at radius 3 is 2.50 bits per heavy atom. The van der Waals surface area contributed by atoms with E-state index in [1.807, 2.05) is 41.9 Å². The highest BCUT2D eigenvalue weighted by Gasteiger charge is 2.32. The van der Waals surface area contributed by atoms with Crippen LogP contribution >= 0.6 is 0 Å².